The second-order valence-electron chi connectivity index (χ2n) is 11.4. The molecule has 1 amide bonds. The van der Waals surface area contributed by atoms with Crippen LogP contribution in [-0.2, 0) is 6.54 Å². The van der Waals surface area contributed by atoms with Crippen LogP contribution in [0.15, 0.2) is 59.7 Å². The fourth-order valence-corrected chi connectivity index (χ4v) is 6.30. The van der Waals surface area contributed by atoms with E-state index in [0.29, 0.717) is 18.0 Å². The Morgan fingerprint density at radius 2 is 1.93 bits per heavy atom. The Bertz CT molecular complexity index is 1610. The van der Waals surface area contributed by atoms with Gasteiger partial charge in [-0.3, -0.25) is 14.7 Å². The first kappa shape index (κ1) is 26.3. The van der Waals surface area contributed by atoms with Crippen molar-refractivity contribution in [1.82, 2.24) is 24.8 Å². The highest BCUT2D eigenvalue weighted by Gasteiger charge is 2.38. The zero-order chi connectivity index (χ0) is 28.0. The van der Waals surface area contributed by atoms with Crippen LogP contribution in [0, 0.1) is 11.7 Å². The highest BCUT2D eigenvalue weighted by Crippen LogP contribution is 2.46. The van der Waals surface area contributed by atoms with E-state index in [2.05, 4.69) is 43.0 Å². The molecule has 2 aromatic heterocycles. The van der Waals surface area contributed by atoms with E-state index in [4.69, 9.17) is 0 Å². The van der Waals surface area contributed by atoms with Crippen LogP contribution in [-0.4, -0.2) is 63.4 Å². The summed E-state index contributed by atoms with van der Waals surface area (Å²) in [5.41, 5.74) is 5.94. The van der Waals surface area contributed by atoms with Crippen LogP contribution in [0.3, 0.4) is 0 Å². The van der Waals surface area contributed by atoms with Gasteiger partial charge in [-0.15, -0.1) is 0 Å². The lowest BCUT2D eigenvalue weighted by molar-refractivity contribution is 0.0755. The first-order valence-electron chi connectivity index (χ1n) is 14.0. The molecular formula is C31H35FN6O2. The van der Waals surface area contributed by atoms with E-state index >= 15 is 0 Å². The Hall–Kier alpha value is -3.98. The van der Waals surface area contributed by atoms with Crippen molar-refractivity contribution >= 4 is 28.3 Å². The van der Waals surface area contributed by atoms with Gasteiger partial charge in [-0.05, 0) is 86.7 Å². The summed E-state index contributed by atoms with van der Waals surface area (Å²) in [6.07, 6.45) is 5.93. The number of amides is 1. The number of nitrogens with zero attached hydrogens (tertiary/aromatic N) is 4. The molecular weight excluding hydrogens is 507 g/mol. The van der Waals surface area contributed by atoms with Crippen LogP contribution in [0.5, 0.6) is 0 Å². The third-order valence-corrected chi connectivity index (χ3v) is 8.57. The van der Waals surface area contributed by atoms with Crippen molar-refractivity contribution in [1.29, 1.82) is 0 Å². The fraction of sp³-hybridized carbons (Fsp3) is 0.387. The third kappa shape index (κ3) is 4.90. The number of aromatic nitrogens is 3. The molecule has 9 heteroatoms. The highest BCUT2D eigenvalue weighted by molar-refractivity contribution is 6.01. The van der Waals surface area contributed by atoms with Crippen molar-refractivity contribution in [3.63, 3.8) is 0 Å². The molecule has 1 saturated heterocycles. The lowest BCUT2D eigenvalue weighted by atomic mass is 9.82. The Morgan fingerprint density at radius 1 is 1.10 bits per heavy atom. The maximum atomic E-state index is 14.4. The number of aromatic amines is 2. The predicted octanol–water partition coefficient (Wildman–Crippen LogP) is 5.02. The normalized spacial score (nSPS) is 19.4. The topological polar surface area (TPSA) is 88.3 Å². The number of hydrogen-bond donors (Lipinski definition) is 2. The standard InChI is InChI=1S/C31H35FN6O2/c1-19(2)36(3)30(39)24-14-22(32)7-9-28(24)38-18-25(23-10-11-33-15-29(23)38)21-5-4-12-37(17-21)16-20-6-8-26-27(13-20)35-31(40)34-26/h6-11,13-15,19,21,25H,4-5,12,16-18H2,1-3H3,(H2,34,35,40). The molecule has 208 valence electrons. The number of likely N-dealkylation sites (tertiary alicyclic amines) is 1. The van der Waals surface area contributed by atoms with Crippen LogP contribution in [0.25, 0.3) is 11.0 Å². The minimum Gasteiger partial charge on any atom is -0.339 e. The second-order valence-corrected chi connectivity index (χ2v) is 11.4. The highest BCUT2D eigenvalue weighted by atomic mass is 19.1. The van der Waals surface area contributed by atoms with Gasteiger partial charge in [0, 0.05) is 44.8 Å². The van der Waals surface area contributed by atoms with Crippen LogP contribution in [0.1, 0.15) is 54.1 Å². The van der Waals surface area contributed by atoms with Crippen molar-refractivity contribution in [2.24, 2.45) is 5.92 Å². The Morgan fingerprint density at radius 3 is 2.75 bits per heavy atom. The van der Waals surface area contributed by atoms with E-state index in [-0.39, 0.29) is 23.6 Å². The molecule has 1 fully saturated rings. The summed E-state index contributed by atoms with van der Waals surface area (Å²) in [5.74, 6) is 0.0768. The number of imidazole rings is 1. The van der Waals surface area contributed by atoms with Gasteiger partial charge in [0.05, 0.1) is 34.2 Å². The lowest BCUT2D eigenvalue weighted by Gasteiger charge is -2.36. The number of rotatable bonds is 6. The molecule has 40 heavy (non-hydrogen) atoms. The summed E-state index contributed by atoms with van der Waals surface area (Å²) in [6, 6.07) is 12.7. The van der Waals surface area contributed by atoms with E-state index in [0.717, 1.165) is 54.9 Å². The number of benzene rings is 2. The van der Waals surface area contributed by atoms with E-state index in [1.54, 1.807) is 18.0 Å². The first-order valence-corrected chi connectivity index (χ1v) is 14.0. The summed E-state index contributed by atoms with van der Waals surface area (Å²) >= 11 is 0. The van der Waals surface area contributed by atoms with Crippen LogP contribution in [0.2, 0.25) is 0 Å². The minimum atomic E-state index is -0.420. The molecule has 2 aromatic carbocycles. The van der Waals surface area contributed by atoms with Gasteiger partial charge in [-0.2, -0.15) is 0 Å². The minimum absolute atomic E-state index is 0.00433. The number of fused-ring (bicyclic) bond motifs is 2. The quantitative estimate of drug-likeness (QED) is 0.357. The van der Waals surface area contributed by atoms with E-state index in [9.17, 15) is 14.0 Å². The predicted molar refractivity (Wildman–Crippen MR) is 155 cm³/mol. The number of pyridine rings is 1. The van der Waals surface area contributed by atoms with Gasteiger partial charge in [-0.25, -0.2) is 9.18 Å². The number of halogens is 1. The molecule has 2 atom stereocenters. The molecule has 0 bridgehead atoms. The monoisotopic (exact) mass is 542 g/mol. The Labute approximate surface area is 232 Å². The summed E-state index contributed by atoms with van der Waals surface area (Å²) in [4.78, 5) is 41.5. The summed E-state index contributed by atoms with van der Waals surface area (Å²) in [7, 11) is 1.76. The zero-order valence-corrected chi connectivity index (χ0v) is 23.2. The van der Waals surface area contributed by atoms with Gasteiger partial charge in [-0.1, -0.05) is 6.07 Å². The maximum absolute atomic E-state index is 14.4. The number of carbonyl (C=O) groups excluding carboxylic acids is 1. The van der Waals surface area contributed by atoms with Crippen molar-refractivity contribution < 1.29 is 9.18 Å². The molecule has 6 rings (SSSR count). The van der Waals surface area contributed by atoms with Gasteiger partial charge in [0.1, 0.15) is 5.82 Å². The first-order chi connectivity index (χ1) is 19.3. The van der Waals surface area contributed by atoms with Crippen LogP contribution < -0.4 is 10.6 Å². The van der Waals surface area contributed by atoms with Gasteiger partial charge in [0.2, 0.25) is 0 Å². The molecule has 0 radical (unpaired) electrons. The fourth-order valence-electron chi connectivity index (χ4n) is 6.30. The number of anilines is 2. The van der Waals surface area contributed by atoms with Crippen LogP contribution >= 0.6 is 0 Å². The molecule has 4 heterocycles. The summed E-state index contributed by atoms with van der Waals surface area (Å²) in [6.45, 7) is 7.41. The largest absolute Gasteiger partial charge is 0.339 e. The van der Waals surface area contributed by atoms with Gasteiger partial charge < -0.3 is 19.8 Å². The molecule has 0 saturated carbocycles. The SMILES string of the molecule is CC(C)N(C)C(=O)c1cc(F)ccc1N1CC(C2CCCN(Cc3ccc4[nH]c(=O)[nH]c4c3)C2)c2ccncc21. The molecule has 0 aliphatic carbocycles. The van der Waals surface area contributed by atoms with Gasteiger partial charge >= 0.3 is 5.69 Å². The van der Waals surface area contributed by atoms with Gasteiger partial charge in [0.15, 0.2) is 0 Å². The molecule has 0 spiro atoms. The van der Waals surface area contributed by atoms with Crippen molar-refractivity contribution in [2.75, 3.05) is 31.6 Å². The Kier molecular flexibility index (Phi) is 6.92. The van der Waals surface area contributed by atoms with E-state index < -0.39 is 5.82 Å². The zero-order valence-electron chi connectivity index (χ0n) is 23.2. The smallest absolute Gasteiger partial charge is 0.323 e. The van der Waals surface area contributed by atoms with E-state index in [1.165, 1.54) is 23.3 Å². The number of H-pyrrole nitrogens is 2. The number of piperidine rings is 1. The van der Waals surface area contributed by atoms with Crippen molar-refractivity contribution in [2.45, 2.75) is 45.2 Å². The van der Waals surface area contributed by atoms with Gasteiger partial charge in [0.25, 0.3) is 5.91 Å². The Balaban J connectivity index is 1.26. The van der Waals surface area contributed by atoms with E-state index in [1.807, 2.05) is 32.3 Å². The molecule has 2 unspecified atom stereocenters. The average Bonchev–Trinajstić information content (AvgIpc) is 3.52. The van der Waals surface area contributed by atoms with Crippen LogP contribution in [0.4, 0.5) is 15.8 Å². The summed E-state index contributed by atoms with van der Waals surface area (Å²) < 4.78 is 14.4. The summed E-state index contributed by atoms with van der Waals surface area (Å²) in [5, 5.41) is 0. The van der Waals surface area contributed by atoms with Crippen molar-refractivity contribution in [3.05, 3.63) is 87.9 Å². The number of nitrogens with one attached hydrogen (secondary N) is 2. The molecule has 2 N–H and O–H groups in total. The average molecular weight is 543 g/mol. The molecule has 8 nitrogen and oxygen atoms in total. The molecule has 2 aliphatic heterocycles. The number of hydrogen-bond acceptors (Lipinski definition) is 5. The second kappa shape index (κ2) is 10.5. The maximum Gasteiger partial charge on any atom is 0.323 e. The lowest BCUT2D eigenvalue weighted by Crippen LogP contribution is -2.38. The third-order valence-electron chi connectivity index (χ3n) is 8.57. The number of carbonyl (C=O) groups is 1. The molecule has 2 aliphatic rings. The van der Waals surface area contributed by atoms with Crippen molar-refractivity contribution in [3.8, 4) is 0 Å². The molecule has 4 aromatic rings.